The maximum absolute atomic E-state index is 13.5. The van der Waals surface area contributed by atoms with E-state index in [2.05, 4.69) is 5.32 Å². The van der Waals surface area contributed by atoms with Gasteiger partial charge in [-0.2, -0.15) is 0 Å². The fraction of sp³-hybridized carbons (Fsp3) is 0.143. The highest BCUT2D eigenvalue weighted by Crippen LogP contribution is 2.24. The van der Waals surface area contributed by atoms with Crippen LogP contribution in [0.2, 0.25) is 10.0 Å². The Hall–Kier alpha value is -1.25. The summed E-state index contributed by atoms with van der Waals surface area (Å²) in [5, 5.41) is 4.23. The van der Waals surface area contributed by atoms with Crippen LogP contribution in [0.4, 0.5) is 10.1 Å². The fourth-order valence-electron chi connectivity index (χ4n) is 1.63. The second-order valence-corrected chi connectivity index (χ2v) is 4.92. The third-order valence-corrected chi connectivity index (χ3v) is 3.15. The molecule has 1 N–H and O–H groups in total. The van der Waals surface area contributed by atoms with E-state index in [4.69, 9.17) is 23.2 Å². The second-order valence-electron chi connectivity index (χ2n) is 4.07. The number of halogens is 3. The predicted molar refractivity (Wildman–Crippen MR) is 74.9 cm³/mol. The summed E-state index contributed by atoms with van der Waals surface area (Å²) in [6.07, 6.45) is 0. The third-order valence-electron chi connectivity index (χ3n) is 2.60. The molecular formula is C14H12Cl2FN. The summed E-state index contributed by atoms with van der Waals surface area (Å²) < 4.78 is 13.5. The molecule has 0 aliphatic rings. The Kier molecular flexibility index (Phi) is 4.10. The molecule has 0 amide bonds. The van der Waals surface area contributed by atoms with E-state index >= 15 is 0 Å². The summed E-state index contributed by atoms with van der Waals surface area (Å²) in [4.78, 5) is 0. The molecule has 0 saturated heterocycles. The minimum Gasteiger partial charge on any atom is -0.380 e. The zero-order chi connectivity index (χ0) is 13.1. The van der Waals surface area contributed by atoms with Crippen LogP contribution in [-0.4, -0.2) is 0 Å². The summed E-state index contributed by atoms with van der Waals surface area (Å²) in [6.45, 7) is 2.31. The molecule has 1 nitrogen and oxygen atoms in total. The van der Waals surface area contributed by atoms with E-state index in [0.717, 1.165) is 11.3 Å². The van der Waals surface area contributed by atoms with Crippen LogP contribution in [0.5, 0.6) is 0 Å². The van der Waals surface area contributed by atoms with E-state index in [1.165, 1.54) is 12.1 Å². The van der Waals surface area contributed by atoms with Crippen LogP contribution >= 0.6 is 23.2 Å². The van der Waals surface area contributed by atoms with Crippen molar-refractivity contribution in [3.63, 3.8) is 0 Å². The van der Waals surface area contributed by atoms with Gasteiger partial charge in [-0.05, 0) is 42.8 Å². The maximum Gasteiger partial charge on any atom is 0.128 e. The van der Waals surface area contributed by atoms with E-state index in [9.17, 15) is 4.39 Å². The van der Waals surface area contributed by atoms with E-state index in [1.807, 2.05) is 25.1 Å². The Morgan fingerprint density at radius 2 is 1.89 bits per heavy atom. The van der Waals surface area contributed by atoms with Crippen molar-refractivity contribution in [2.45, 2.75) is 13.5 Å². The van der Waals surface area contributed by atoms with Crippen molar-refractivity contribution >= 4 is 28.9 Å². The first-order valence-electron chi connectivity index (χ1n) is 5.50. The van der Waals surface area contributed by atoms with Gasteiger partial charge in [0.2, 0.25) is 0 Å². The Balaban J connectivity index is 2.13. The predicted octanol–water partition coefficient (Wildman–Crippen LogP) is 5.05. The van der Waals surface area contributed by atoms with Crippen LogP contribution in [0.15, 0.2) is 36.4 Å². The van der Waals surface area contributed by atoms with Gasteiger partial charge >= 0.3 is 0 Å². The summed E-state index contributed by atoms with van der Waals surface area (Å²) in [5.41, 5.74) is 2.38. The molecule has 4 heteroatoms. The Labute approximate surface area is 116 Å². The largest absolute Gasteiger partial charge is 0.380 e. The molecule has 0 atom stereocenters. The van der Waals surface area contributed by atoms with Gasteiger partial charge < -0.3 is 5.32 Å². The maximum atomic E-state index is 13.5. The minimum absolute atomic E-state index is 0.282. The lowest BCUT2D eigenvalue weighted by Gasteiger charge is -2.10. The van der Waals surface area contributed by atoms with Crippen molar-refractivity contribution in [2.24, 2.45) is 0 Å². The third kappa shape index (κ3) is 3.15. The van der Waals surface area contributed by atoms with Crippen LogP contribution in [0.1, 0.15) is 11.1 Å². The van der Waals surface area contributed by atoms with Gasteiger partial charge in [0.25, 0.3) is 0 Å². The number of benzene rings is 2. The van der Waals surface area contributed by atoms with Crippen molar-refractivity contribution in [1.82, 2.24) is 0 Å². The Bertz CT molecular complexity index is 570. The molecule has 0 bridgehead atoms. The van der Waals surface area contributed by atoms with E-state index < -0.39 is 0 Å². The van der Waals surface area contributed by atoms with Crippen molar-refractivity contribution in [3.8, 4) is 0 Å². The molecule has 0 saturated carbocycles. The summed E-state index contributed by atoms with van der Waals surface area (Å²) in [7, 11) is 0. The van der Waals surface area contributed by atoms with Gasteiger partial charge in [-0.1, -0.05) is 29.3 Å². The molecule has 0 unspecified atom stereocenters. The highest BCUT2D eigenvalue weighted by atomic mass is 35.5. The van der Waals surface area contributed by atoms with Gasteiger partial charge in [-0.3, -0.25) is 0 Å². The smallest absolute Gasteiger partial charge is 0.128 e. The van der Waals surface area contributed by atoms with Gasteiger partial charge in [0.05, 0.1) is 10.7 Å². The van der Waals surface area contributed by atoms with Crippen molar-refractivity contribution in [1.29, 1.82) is 0 Å². The zero-order valence-electron chi connectivity index (χ0n) is 9.81. The molecule has 0 spiro atoms. The normalized spacial score (nSPS) is 10.4. The summed E-state index contributed by atoms with van der Waals surface area (Å²) in [5.74, 6) is -0.282. The first kappa shape index (κ1) is 13.2. The van der Waals surface area contributed by atoms with Gasteiger partial charge in [-0.15, -0.1) is 0 Å². The number of anilines is 1. The van der Waals surface area contributed by atoms with Crippen molar-refractivity contribution < 1.29 is 4.39 Å². The Morgan fingerprint density at radius 3 is 2.61 bits per heavy atom. The average molecular weight is 284 g/mol. The van der Waals surface area contributed by atoms with Crippen LogP contribution in [0, 0.1) is 12.7 Å². The van der Waals surface area contributed by atoms with Gasteiger partial charge in [-0.25, -0.2) is 4.39 Å². The molecule has 0 heterocycles. The lowest BCUT2D eigenvalue weighted by atomic mass is 10.2. The number of hydrogen-bond acceptors (Lipinski definition) is 1. The minimum atomic E-state index is -0.282. The highest BCUT2D eigenvalue weighted by Gasteiger charge is 2.04. The molecule has 0 aliphatic heterocycles. The first-order valence-corrected chi connectivity index (χ1v) is 6.26. The van der Waals surface area contributed by atoms with Gasteiger partial charge in [0.15, 0.2) is 0 Å². The topological polar surface area (TPSA) is 12.0 Å². The molecule has 0 aromatic heterocycles. The molecule has 0 fully saturated rings. The molecule has 2 aromatic rings. The highest BCUT2D eigenvalue weighted by molar-refractivity contribution is 6.33. The van der Waals surface area contributed by atoms with Crippen LogP contribution < -0.4 is 5.32 Å². The van der Waals surface area contributed by atoms with Crippen LogP contribution in [0.25, 0.3) is 0 Å². The number of rotatable bonds is 3. The monoisotopic (exact) mass is 283 g/mol. The molecule has 2 aromatic carbocycles. The summed E-state index contributed by atoms with van der Waals surface area (Å²) >= 11 is 11.9. The lowest BCUT2D eigenvalue weighted by Crippen LogP contribution is -2.02. The van der Waals surface area contributed by atoms with Crippen LogP contribution in [0.3, 0.4) is 0 Å². The van der Waals surface area contributed by atoms with E-state index in [1.54, 1.807) is 6.07 Å². The molecule has 0 aliphatic carbocycles. The SMILES string of the molecule is Cc1ccc(NCc2cc(Cl)ccc2F)c(Cl)c1. The zero-order valence-corrected chi connectivity index (χ0v) is 11.3. The van der Waals surface area contributed by atoms with Gasteiger partial charge in [0.1, 0.15) is 5.82 Å². The molecule has 18 heavy (non-hydrogen) atoms. The molecule has 0 radical (unpaired) electrons. The molecule has 2 rings (SSSR count). The molecular weight excluding hydrogens is 272 g/mol. The van der Waals surface area contributed by atoms with Crippen LogP contribution in [-0.2, 0) is 6.54 Å². The number of hydrogen-bond donors (Lipinski definition) is 1. The van der Waals surface area contributed by atoms with Gasteiger partial charge in [0, 0.05) is 17.1 Å². The fourth-order valence-corrected chi connectivity index (χ4v) is 2.13. The van der Waals surface area contributed by atoms with Crippen molar-refractivity contribution in [2.75, 3.05) is 5.32 Å². The average Bonchev–Trinajstić information content (AvgIpc) is 2.32. The standard InChI is InChI=1S/C14H12Cl2FN/c1-9-2-5-14(12(16)6-9)18-8-10-7-11(15)3-4-13(10)17/h2-7,18H,8H2,1H3. The number of aryl methyl sites for hydroxylation is 1. The first-order chi connectivity index (χ1) is 8.56. The lowest BCUT2D eigenvalue weighted by molar-refractivity contribution is 0.613. The summed E-state index contributed by atoms with van der Waals surface area (Å²) in [6, 6.07) is 10.2. The van der Waals surface area contributed by atoms with E-state index in [-0.39, 0.29) is 5.82 Å². The second kappa shape index (κ2) is 5.59. The van der Waals surface area contributed by atoms with E-state index in [0.29, 0.717) is 22.2 Å². The number of nitrogens with one attached hydrogen (secondary N) is 1. The van der Waals surface area contributed by atoms with Crippen molar-refractivity contribution in [3.05, 3.63) is 63.4 Å². The molecule has 94 valence electrons. The quantitative estimate of drug-likeness (QED) is 0.831. The Morgan fingerprint density at radius 1 is 1.11 bits per heavy atom.